The van der Waals surface area contributed by atoms with Gasteiger partial charge in [0, 0.05) is 31.5 Å². The Morgan fingerprint density at radius 1 is 1.07 bits per heavy atom. The lowest BCUT2D eigenvalue weighted by molar-refractivity contribution is -0.113. The topological polar surface area (TPSA) is 91.9 Å². The van der Waals surface area contributed by atoms with Crippen LogP contribution in [0, 0.1) is 0 Å². The molecular formula is C22H26N4O4. The zero-order valence-electron chi connectivity index (χ0n) is 17.7. The van der Waals surface area contributed by atoms with E-state index in [1.54, 1.807) is 32.2 Å². The van der Waals surface area contributed by atoms with E-state index in [-0.39, 0.29) is 11.9 Å². The second-order valence-corrected chi connectivity index (χ2v) is 7.08. The molecule has 1 heterocycles. The van der Waals surface area contributed by atoms with Gasteiger partial charge in [0.1, 0.15) is 11.5 Å². The highest BCUT2D eigenvalue weighted by molar-refractivity contribution is 6.07. The molecule has 30 heavy (non-hydrogen) atoms. The van der Waals surface area contributed by atoms with Crippen LogP contribution in [0.5, 0.6) is 11.5 Å². The van der Waals surface area contributed by atoms with Gasteiger partial charge >= 0.3 is 6.03 Å². The first-order chi connectivity index (χ1) is 14.3. The molecular weight excluding hydrogens is 384 g/mol. The molecule has 158 valence electrons. The summed E-state index contributed by atoms with van der Waals surface area (Å²) in [5.74, 6) is 0.734. The van der Waals surface area contributed by atoms with Crippen molar-refractivity contribution < 1.29 is 19.1 Å². The molecule has 1 aliphatic rings. The van der Waals surface area contributed by atoms with Crippen LogP contribution in [0.4, 0.5) is 16.2 Å². The fourth-order valence-corrected chi connectivity index (χ4v) is 3.31. The molecule has 0 radical (unpaired) electrons. The summed E-state index contributed by atoms with van der Waals surface area (Å²) < 4.78 is 10.6. The van der Waals surface area contributed by atoms with E-state index in [0.717, 1.165) is 11.3 Å². The third-order valence-corrected chi connectivity index (χ3v) is 4.91. The Morgan fingerprint density at radius 2 is 1.77 bits per heavy atom. The zero-order valence-corrected chi connectivity index (χ0v) is 17.7. The summed E-state index contributed by atoms with van der Waals surface area (Å²) in [4.78, 5) is 27.3. The van der Waals surface area contributed by atoms with Crippen molar-refractivity contribution in [2.45, 2.75) is 13.0 Å². The van der Waals surface area contributed by atoms with Gasteiger partial charge < -0.3 is 30.3 Å². The molecule has 0 aromatic heterocycles. The average molecular weight is 410 g/mol. The first kappa shape index (κ1) is 21.0. The Labute approximate surface area is 175 Å². The van der Waals surface area contributed by atoms with Crippen LogP contribution in [0.1, 0.15) is 18.5 Å². The van der Waals surface area contributed by atoms with Crippen LogP contribution in [-0.4, -0.2) is 40.3 Å². The molecule has 0 fully saturated rings. The largest absolute Gasteiger partial charge is 0.497 e. The van der Waals surface area contributed by atoms with E-state index in [1.807, 2.05) is 43.3 Å². The minimum Gasteiger partial charge on any atom is -0.497 e. The number of carbonyl (C=O) groups excluding carboxylic acids is 2. The first-order valence-electron chi connectivity index (χ1n) is 9.43. The number of rotatable bonds is 6. The van der Waals surface area contributed by atoms with Crippen molar-refractivity contribution in [3.63, 3.8) is 0 Å². The van der Waals surface area contributed by atoms with Crippen molar-refractivity contribution >= 4 is 23.3 Å². The third-order valence-electron chi connectivity index (χ3n) is 4.91. The maximum atomic E-state index is 13.2. The molecule has 3 N–H and O–H groups in total. The maximum absolute atomic E-state index is 13.2. The number of hydrogen-bond acceptors (Lipinski definition) is 5. The molecule has 8 heteroatoms. The number of benzene rings is 2. The number of carbonyl (C=O) groups is 2. The summed E-state index contributed by atoms with van der Waals surface area (Å²) in [7, 11) is 6.98. The second kappa shape index (κ2) is 8.77. The van der Waals surface area contributed by atoms with Gasteiger partial charge in [0.25, 0.3) is 5.91 Å². The number of hydrogen-bond donors (Lipinski definition) is 3. The molecule has 8 nitrogen and oxygen atoms in total. The van der Waals surface area contributed by atoms with Crippen molar-refractivity contribution in [2.75, 3.05) is 38.5 Å². The summed E-state index contributed by atoms with van der Waals surface area (Å²) in [6.45, 7) is 1.71. The Kier molecular flexibility index (Phi) is 6.15. The van der Waals surface area contributed by atoms with Gasteiger partial charge in [-0.05, 0) is 36.8 Å². The Bertz CT molecular complexity index is 983. The number of anilines is 2. The molecule has 1 aliphatic heterocycles. The van der Waals surface area contributed by atoms with Gasteiger partial charge in [-0.15, -0.1) is 0 Å². The Balaban J connectivity index is 1.95. The monoisotopic (exact) mass is 410 g/mol. The number of methoxy groups -OCH3 is 2. The van der Waals surface area contributed by atoms with Gasteiger partial charge in [-0.3, -0.25) is 4.79 Å². The molecule has 2 aromatic carbocycles. The van der Waals surface area contributed by atoms with Crippen molar-refractivity contribution in [2.24, 2.45) is 0 Å². The summed E-state index contributed by atoms with van der Waals surface area (Å²) in [6, 6.07) is 11.9. The highest BCUT2D eigenvalue weighted by atomic mass is 16.5. The van der Waals surface area contributed by atoms with Crippen LogP contribution in [0.2, 0.25) is 0 Å². The molecule has 0 saturated heterocycles. The predicted molar refractivity (Wildman–Crippen MR) is 116 cm³/mol. The van der Waals surface area contributed by atoms with Crippen molar-refractivity contribution in [3.8, 4) is 11.5 Å². The Hall–Kier alpha value is -3.68. The van der Waals surface area contributed by atoms with Gasteiger partial charge in [0.15, 0.2) is 0 Å². The van der Waals surface area contributed by atoms with Crippen LogP contribution in [0.15, 0.2) is 53.7 Å². The maximum Gasteiger partial charge on any atom is 0.319 e. The van der Waals surface area contributed by atoms with E-state index in [9.17, 15) is 9.59 Å². The molecule has 1 unspecified atom stereocenters. The highest BCUT2D eigenvalue weighted by Crippen LogP contribution is 2.32. The van der Waals surface area contributed by atoms with Crippen molar-refractivity contribution in [1.82, 2.24) is 10.6 Å². The number of nitrogens with one attached hydrogen (secondary N) is 3. The van der Waals surface area contributed by atoms with Gasteiger partial charge in [0.2, 0.25) is 0 Å². The smallest absolute Gasteiger partial charge is 0.319 e. The Morgan fingerprint density at radius 3 is 2.37 bits per heavy atom. The van der Waals surface area contributed by atoms with E-state index >= 15 is 0 Å². The summed E-state index contributed by atoms with van der Waals surface area (Å²) in [5.41, 5.74) is 3.20. The molecule has 0 spiro atoms. The number of allylic oxidation sites excluding steroid dienone is 1. The van der Waals surface area contributed by atoms with E-state index in [0.29, 0.717) is 28.5 Å². The van der Waals surface area contributed by atoms with Gasteiger partial charge in [-0.1, -0.05) is 12.1 Å². The van der Waals surface area contributed by atoms with Crippen molar-refractivity contribution in [1.29, 1.82) is 0 Å². The van der Waals surface area contributed by atoms with Gasteiger partial charge in [0.05, 0.1) is 31.5 Å². The summed E-state index contributed by atoms with van der Waals surface area (Å²) in [5, 5.41) is 8.40. The number of nitrogens with zero attached hydrogens (tertiary/aromatic N) is 1. The van der Waals surface area contributed by atoms with Gasteiger partial charge in [-0.25, -0.2) is 4.79 Å². The average Bonchev–Trinajstić information content (AvgIpc) is 2.73. The summed E-state index contributed by atoms with van der Waals surface area (Å²) >= 11 is 0. The zero-order chi connectivity index (χ0) is 21.8. The highest BCUT2D eigenvalue weighted by Gasteiger charge is 2.31. The first-order valence-corrected chi connectivity index (χ1v) is 9.43. The van der Waals surface area contributed by atoms with E-state index in [1.165, 1.54) is 7.11 Å². The quantitative estimate of drug-likeness (QED) is 0.681. The number of urea groups is 1. The lowest BCUT2D eigenvalue weighted by Crippen LogP contribution is -2.46. The molecule has 0 saturated carbocycles. The van der Waals surface area contributed by atoms with Crippen LogP contribution in [0.25, 0.3) is 0 Å². The molecule has 3 rings (SSSR count). The van der Waals surface area contributed by atoms with Gasteiger partial charge in [-0.2, -0.15) is 0 Å². The van der Waals surface area contributed by atoms with E-state index < -0.39 is 6.04 Å². The minimum absolute atomic E-state index is 0.353. The fraction of sp³-hybridized carbons (Fsp3) is 0.273. The SMILES string of the molecule is COc1ccc(OC)c(NC(=O)C2=C(C)NC(=O)NC2c2ccc(N(C)C)cc2)c1. The number of ether oxygens (including phenoxy) is 2. The van der Waals surface area contributed by atoms with Crippen LogP contribution >= 0.6 is 0 Å². The van der Waals surface area contributed by atoms with Crippen LogP contribution in [0.3, 0.4) is 0 Å². The minimum atomic E-state index is -0.591. The van der Waals surface area contributed by atoms with Crippen LogP contribution < -0.4 is 30.3 Å². The van der Waals surface area contributed by atoms with Crippen molar-refractivity contribution in [3.05, 3.63) is 59.3 Å². The van der Waals surface area contributed by atoms with Crippen LogP contribution in [-0.2, 0) is 4.79 Å². The van der Waals surface area contributed by atoms with E-state index in [4.69, 9.17) is 9.47 Å². The van der Waals surface area contributed by atoms with E-state index in [2.05, 4.69) is 16.0 Å². The molecule has 0 aliphatic carbocycles. The molecule has 2 aromatic rings. The fourth-order valence-electron chi connectivity index (χ4n) is 3.31. The molecule has 1 atom stereocenters. The predicted octanol–water partition coefficient (Wildman–Crippen LogP) is 3.04. The normalized spacial score (nSPS) is 15.8. The third kappa shape index (κ3) is 4.32. The lowest BCUT2D eigenvalue weighted by atomic mass is 9.94. The number of amides is 3. The standard InChI is InChI=1S/C22H26N4O4/c1-13-19(21(27)24-17-12-16(29-4)10-11-18(17)30-5)20(25-22(28)23-13)14-6-8-15(9-7-14)26(2)3/h6-12,20H,1-5H3,(H,24,27)(H2,23,25,28). The summed E-state index contributed by atoms with van der Waals surface area (Å²) in [6.07, 6.45) is 0. The lowest BCUT2D eigenvalue weighted by Gasteiger charge is -2.29. The second-order valence-electron chi connectivity index (χ2n) is 7.08. The molecule has 3 amide bonds. The molecule has 0 bridgehead atoms.